The summed E-state index contributed by atoms with van der Waals surface area (Å²) in [6.07, 6.45) is 2.87. The summed E-state index contributed by atoms with van der Waals surface area (Å²) in [7, 11) is 0. The van der Waals surface area contributed by atoms with Gasteiger partial charge in [0.15, 0.2) is 11.6 Å². The molecule has 0 aliphatic carbocycles. The second kappa shape index (κ2) is 6.08. The summed E-state index contributed by atoms with van der Waals surface area (Å²) in [6.45, 7) is 0. The molecule has 1 N–H and O–H groups in total. The van der Waals surface area contributed by atoms with Crippen molar-refractivity contribution in [2.45, 2.75) is 0 Å². The van der Waals surface area contributed by atoms with E-state index in [0.29, 0.717) is 0 Å². The molecule has 0 atom stereocenters. The van der Waals surface area contributed by atoms with Crippen LogP contribution in [0.5, 0.6) is 0 Å². The minimum Gasteiger partial charge on any atom is -0.320 e. The lowest BCUT2D eigenvalue weighted by Crippen LogP contribution is -2.09. The van der Waals surface area contributed by atoms with Gasteiger partial charge in [0.2, 0.25) is 5.91 Å². The molecule has 2 rings (SSSR count). The van der Waals surface area contributed by atoms with Crippen molar-refractivity contribution in [1.82, 2.24) is 0 Å². The lowest BCUT2D eigenvalue weighted by molar-refractivity contribution is -0.111. The van der Waals surface area contributed by atoms with Crippen molar-refractivity contribution >= 4 is 44.9 Å². The van der Waals surface area contributed by atoms with Crippen LogP contribution in [0.1, 0.15) is 4.88 Å². The summed E-state index contributed by atoms with van der Waals surface area (Å²) in [5.41, 5.74) is -0.179. The van der Waals surface area contributed by atoms with Gasteiger partial charge in [-0.25, -0.2) is 8.78 Å². The van der Waals surface area contributed by atoms with Gasteiger partial charge in [0, 0.05) is 20.8 Å². The number of rotatable bonds is 3. The van der Waals surface area contributed by atoms with Crippen molar-refractivity contribution in [3.63, 3.8) is 0 Å². The van der Waals surface area contributed by atoms with Crippen LogP contribution in [-0.4, -0.2) is 5.91 Å². The summed E-state index contributed by atoms with van der Waals surface area (Å²) in [5.74, 6) is -2.58. The van der Waals surface area contributed by atoms with E-state index in [1.165, 1.54) is 29.5 Å². The van der Waals surface area contributed by atoms with E-state index in [1.54, 1.807) is 6.08 Å². The maximum Gasteiger partial charge on any atom is 0.248 e. The molecule has 0 spiro atoms. The van der Waals surface area contributed by atoms with E-state index in [0.717, 1.165) is 15.4 Å². The van der Waals surface area contributed by atoms with Crippen LogP contribution in [0.25, 0.3) is 6.08 Å². The maximum absolute atomic E-state index is 13.3. The number of hydrogen-bond donors (Lipinski definition) is 1. The fourth-order valence-corrected chi connectivity index (χ4v) is 2.69. The molecule has 0 bridgehead atoms. The van der Waals surface area contributed by atoms with Crippen molar-refractivity contribution in [3.8, 4) is 0 Å². The molecule has 0 radical (unpaired) electrons. The Kier molecular flexibility index (Phi) is 4.44. The van der Waals surface area contributed by atoms with Crippen LogP contribution in [0, 0.1) is 11.6 Å². The zero-order chi connectivity index (χ0) is 13.8. The number of hydrogen-bond acceptors (Lipinski definition) is 2. The molecule has 1 aromatic heterocycles. The van der Waals surface area contributed by atoms with Crippen LogP contribution >= 0.6 is 27.3 Å². The summed E-state index contributed by atoms with van der Waals surface area (Å²) in [5, 5.41) is 4.16. The van der Waals surface area contributed by atoms with E-state index in [4.69, 9.17) is 0 Å². The van der Waals surface area contributed by atoms with Gasteiger partial charge in [-0.15, -0.1) is 11.3 Å². The Balaban J connectivity index is 2.05. The van der Waals surface area contributed by atoms with Gasteiger partial charge < -0.3 is 5.32 Å². The Bertz CT molecular complexity index is 639. The van der Waals surface area contributed by atoms with Gasteiger partial charge in [-0.2, -0.15) is 0 Å². The molecule has 2 nitrogen and oxygen atoms in total. The van der Waals surface area contributed by atoms with Crippen LogP contribution < -0.4 is 5.32 Å². The molecule has 2 aromatic rings. The van der Waals surface area contributed by atoms with Crippen molar-refractivity contribution in [2.24, 2.45) is 0 Å². The number of anilines is 1. The first-order valence-corrected chi connectivity index (χ1v) is 6.90. The largest absolute Gasteiger partial charge is 0.320 e. The zero-order valence-electron chi connectivity index (χ0n) is 9.49. The Labute approximate surface area is 120 Å². The van der Waals surface area contributed by atoms with E-state index in [9.17, 15) is 13.6 Å². The first kappa shape index (κ1) is 13.9. The van der Waals surface area contributed by atoms with Crippen LogP contribution in [0.3, 0.4) is 0 Å². The highest BCUT2D eigenvalue weighted by molar-refractivity contribution is 9.10. The lowest BCUT2D eigenvalue weighted by Gasteiger charge is -2.03. The molecule has 0 saturated carbocycles. The Hall–Kier alpha value is -1.53. The van der Waals surface area contributed by atoms with Gasteiger partial charge in [0.05, 0.1) is 5.69 Å². The average molecular weight is 344 g/mol. The van der Waals surface area contributed by atoms with Gasteiger partial charge >= 0.3 is 0 Å². The number of amides is 1. The third-order valence-corrected chi connectivity index (χ3v) is 3.85. The van der Waals surface area contributed by atoms with Crippen LogP contribution in [0.15, 0.2) is 40.2 Å². The van der Waals surface area contributed by atoms with Crippen molar-refractivity contribution < 1.29 is 13.6 Å². The molecule has 0 saturated heterocycles. The quantitative estimate of drug-likeness (QED) is 0.820. The lowest BCUT2D eigenvalue weighted by atomic mass is 10.3. The molecule has 19 heavy (non-hydrogen) atoms. The van der Waals surface area contributed by atoms with Gasteiger partial charge in [-0.3, -0.25) is 4.79 Å². The standard InChI is InChI=1S/C13H8BrF2NOS/c14-8-6-9(19-7-8)4-5-12(18)17-11-3-1-2-10(15)13(11)16/h1-7H,(H,17,18)/b5-4+. The molecule has 1 aromatic carbocycles. The second-order valence-corrected chi connectivity index (χ2v) is 5.45. The Morgan fingerprint density at radius 1 is 1.37 bits per heavy atom. The highest BCUT2D eigenvalue weighted by atomic mass is 79.9. The summed E-state index contributed by atoms with van der Waals surface area (Å²) in [6, 6.07) is 5.46. The number of nitrogens with one attached hydrogen (secondary N) is 1. The molecule has 0 aliphatic heterocycles. The number of carbonyl (C=O) groups is 1. The first-order valence-electron chi connectivity index (χ1n) is 5.23. The normalized spacial score (nSPS) is 10.9. The minimum atomic E-state index is -1.07. The van der Waals surface area contributed by atoms with Crippen LogP contribution in [0.4, 0.5) is 14.5 Å². The number of benzene rings is 1. The SMILES string of the molecule is O=C(/C=C/c1cc(Br)cs1)Nc1cccc(F)c1F. The third-order valence-electron chi connectivity index (χ3n) is 2.20. The third kappa shape index (κ3) is 3.71. The number of halogens is 3. The fraction of sp³-hybridized carbons (Fsp3) is 0. The monoisotopic (exact) mass is 343 g/mol. The van der Waals surface area contributed by atoms with Crippen LogP contribution in [0.2, 0.25) is 0 Å². The van der Waals surface area contributed by atoms with Crippen molar-refractivity contribution in [3.05, 3.63) is 56.7 Å². The van der Waals surface area contributed by atoms with Gasteiger partial charge in [0.25, 0.3) is 0 Å². The van der Waals surface area contributed by atoms with E-state index >= 15 is 0 Å². The average Bonchev–Trinajstić information content (AvgIpc) is 2.78. The molecule has 0 aliphatic rings. The molecular weight excluding hydrogens is 336 g/mol. The Morgan fingerprint density at radius 3 is 2.84 bits per heavy atom. The van der Waals surface area contributed by atoms with Crippen molar-refractivity contribution in [2.75, 3.05) is 5.32 Å². The zero-order valence-corrected chi connectivity index (χ0v) is 11.9. The number of carbonyl (C=O) groups excluding carboxylic acids is 1. The molecule has 1 heterocycles. The maximum atomic E-state index is 13.3. The topological polar surface area (TPSA) is 29.1 Å². The van der Waals surface area contributed by atoms with Gasteiger partial charge in [-0.05, 0) is 40.2 Å². The van der Waals surface area contributed by atoms with Crippen molar-refractivity contribution in [1.29, 1.82) is 0 Å². The summed E-state index contributed by atoms with van der Waals surface area (Å²) < 4.78 is 27.2. The predicted octanol–water partition coefficient (Wildman–Crippen LogP) is 4.44. The summed E-state index contributed by atoms with van der Waals surface area (Å²) in [4.78, 5) is 12.4. The molecule has 98 valence electrons. The van der Waals surface area contributed by atoms with E-state index in [-0.39, 0.29) is 5.69 Å². The van der Waals surface area contributed by atoms with E-state index < -0.39 is 17.5 Å². The molecule has 1 amide bonds. The molecule has 0 fully saturated rings. The highest BCUT2D eigenvalue weighted by Crippen LogP contribution is 2.21. The molecule has 6 heteroatoms. The van der Waals surface area contributed by atoms with Gasteiger partial charge in [0.1, 0.15) is 0 Å². The van der Waals surface area contributed by atoms with E-state index in [2.05, 4.69) is 21.2 Å². The molecule has 0 unspecified atom stereocenters. The molecular formula is C13H8BrF2NOS. The first-order chi connectivity index (χ1) is 9.06. The highest BCUT2D eigenvalue weighted by Gasteiger charge is 2.08. The summed E-state index contributed by atoms with van der Waals surface area (Å²) >= 11 is 4.75. The number of thiophene rings is 1. The van der Waals surface area contributed by atoms with Gasteiger partial charge in [-0.1, -0.05) is 6.07 Å². The van der Waals surface area contributed by atoms with E-state index in [1.807, 2.05) is 11.4 Å². The minimum absolute atomic E-state index is 0.179. The second-order valence-electron chi connectivity index (χ2n) is 3.59. The predicted molar refractivity (Wildman–Crippen MR) is 76.0 cm³/mol. The Morgan fingerprint density at radius 2 is 2.16 bits per heavy atom. The van der Waals surface area contributed by atoms with Crippen LogP contribution in [-0.2, 0) is 4.79 Å². The smallest absolute Gasteiger partial charge is 0.248 e. The fourth-order valence-electron chi connectivity index (χ4n) is 1.35.